The standard InChI is InChI=1S/C44H64N2O6Si.C38H53N2O9P.C38H54N2O6Si/c1-10-12-13-14-21-49-32-18-15-17-31(23-32)46-35-22-30-19-20-33-34-24-38-44(52-39(51-38)16-11-2,37(48)28-50-53(8,9)41(3,4)5)43(34,7)26-36(47)40(33)42(30,6)25-29(35)27-45-46;1-4-10-34-48-33-19-29-28-14-13-25-17-30-24(20-36(25,2)35(28)31(42)21-37(29,3)38(33,49-34)32(43)23-41)22-39-40(30)26-11-9-12-27(18-26)47-15-7-5-6-8-16-50(44,45)46;1-9-11-33-45-32-18-28-27-15-14-24-16-29-23(21-39-40(29)25-12-10-13-26(41)17-25)19-36(24,5)34(27)30(42)20-37(28,6)38(32,46-33)31(43)22-44-47(7,8)35(2,3)4/h10,15,17-18,22-23,27,33-34,36,38-40,47H,1,11-14,16,19-21,24-26,28H2,2-9H3;9,11-12,17-18,22,28-29,31,33-35,41-42H,4-8,10,13-16,19-21,23H2,1-3H3,(H2,44,45,46);10,12-13,16-17,21,27-28,30,32-34,41-42H,9,11,14-15,18-20,22H2,1-8H3/t33-,34-,36-,38+,39?,40+,42-,43-,44+;28-,29-,31-,33+,34?,35+,36-,37-,38+;27-,28-,30-,32+,33?,34+,36-,37-,38+/m000/s1. The van der Waals surface area contributed by atoms with E-state index in [9.17, 15) is 44.5 Å². The molecule has 3 aromatic carbocycles. The van der Waals surface area contributed by atoms with Crippen molar-refractivity contribution in [2.45, 2.75) is 392 Å². The Morgan fingerprint density at radius 3 is 1.17 bits per heavy atom. The van der Waals surface area contributed by atoms with Gasteiger partial charge in [0.25, 0.3) is 0 Å². The van der Waals surface area contributed by atoms with Crippen LogP contribution in [0.5, 0.6) is 17.2 Å². The molecule has 3 aromatic heterocycles. The van der Waals surface area contributed by atoms with E-state index >= 15 is 0 Å². The van der Waals surface area contributed by atoms with Gasteiger partial charge in [0, 0.05) is 40.6 Å². The van der Waals surface area contributed by atoms with E-state index in [1.807, 2.05) is 87.2 Å². The Hall–Kier alpha value is -7.24. The van der Waals surface area contributed by atoms with E-state index in [4.69, 9.17) is 71.8 Å². The highest BCUT2D eigenvalue weighted by Gasteiger charge is 2.80. The summed E-state index contributed by atoms with van der Waals surface area (Å²) in [6, 6.07) is 23.3. The molecule has 15 aliphatic rings. The number of carbonyl (C=O) groups is 3. The van der Waals surface area contributed by atoms with Gasteiger partial charge >= 0.3 is 7.60 Å². The molecular formula is C120H171N6O21PSi2. The van der Waals surface area contributed by atoms with Gasteiger partial charge in [-0.25, -0.2) is 14.0 Å². The summed E-state index contributed by atoms with van der Waals surface area (Å²) >= 11 is 0. The van der Waals surface area contributed by atoms with Crippen LogP contribution >= 0.6 is 7.60 Å². The molecular weight excluding hydrogens is 1950 g/mol. The first kappa shape index (κ1) is 111. The maximum absolute atomic E-state index is 14.7. The number of allylic oxidation sites excluding steroid dienone is 4. The molecule has 150 heavy (non-hydrogen) atoms. The molecule has 3 unspecified atom stereocenters. The maximum atomic E-state index is 14.7. The van der Waals surface area contributed by atoms with Crippen LogP contribution in [0.1, 0.15) is 298 Å². The molecule has 0 bridgehead atoms. The smallest absolute Gasteiger partial charge is 0.325 e. The fourth-order valence-electron chi connectivity index (χ4n) is 32.0. The van der Waals surface area contributed by atoms with Gasteiger partial charge in [-0.05, 0) is 325 Å². The summed E-state index contributed by atoms with van der Waals surface area (Å²) in [5, 5.41) is 71.6. The number of nitrogens with zero attached hydrogens (tertiary/aromatic N) is 6. The highest BCUT2D eigenvalue weighted by atomic mass is 31.2. The van der Waals surface area contributed by atoms with E-state index < -0.39 is 107 Å². The molecule has 27 atom stereocenters. The number of fused-ring (bicyclic) bond motifs is 24. The lowest BCUT2D eigenvalue weighted by Crippen LogP contribution is -2.64. The number of Topliss-reactive ketones (excluding diaryl/α,β-unsaturated/α-hetero) is 3. The molecule has 9 saturated carbocycles. The van der Waals surface area contributed by atoms with Gasteiger partial charge in [-0.2, -0.15) is 15.3 Å². The number of aliphatic hydroxyl groups excluding tert-OH is 4. The quantitative estimate of drug-likeness (QED) is 0.00871. The number of hydrogen-bond donors (Lipinski definition) is 7. The van der Waals surface area contributed by atoms with Crippen molar-refractivity contribution in [3.63, 3.8) is 0 Å². The van der Waals surface area contributed by atoms with Crippen LogP contribution in [0.25, 0.3) is 35.3 Å². The van der Waals surface area contributed by atoms with Gasteiger partial charge in [-0.15, -0.1) is 6.58 Å². The van der Waals surface area contributed by atoms with Crippen LogP contribution in [0, 0.1) is 85.8 Å². The van der Waals surface area contributed by atoms with Crippen molar-refractivity contribution in [2.75, 3.05) is 39.2 Å². The second-order valence-corrected chi connectivity index (χ2v) is 63.3. The second kappa shape index (κ2) is 41.6. The van der Waals surface area contributed by atoms with Crippen molar-refractivity contribution in [1.82, 2.24) is 29.3 Å². The van der Waals surface area contributed by atoms with Crippen LogP contribution in [0.15, 0.2) is 121 Å². The van der Waals surface area contributed by atoms with Crippen molar-refractivity contribution >= 4 is 59.8 Å². The van der Waals surface area contributed by atoms with Crippen LogP contribution in [0.4, 0.5) is 0 Å². The molecule has 27 nitrogen and oxygen atoms in total. The molecule has 6 heterocycles. The zero-order valence-corrected chi connectivity index (χ0v) is 95.5. The molecule has 0 amide bonds. The molecule has 820 valence electrons. The minimum absolute atomic E-state index is 0.000991. The number of ketones is 3. The third-order valence-corrected chi connectivity index (χ3v) is 51.1. The van der Waals surface area contributed by atoms with Crippen molar-refractivity contribution in [3.8, 4) is 34.3 Å². The largest absolute Gasteiger partial charge is 0.508 e. The number of aromatic hydroxyl groups is 1. The van der Waals surface area contributed by atoms with Crippen LogP contribution < -0.4 is 9.47 Å². The molecule has 3 saturated heterocycles. The number of benzene rings is 3. The van der Waals surface area contributed by atoms with E-state index in [-0.39, 0.29) is 134 Å². The maximum Gasteiger partial charge on any atom is 0.325 e. The Morgan fingerprint density at radius 2 is 0.833 bits per heavy atom. The molecule has 3 aliphatic heterocycles. The van der Waals surface area contributed by atoms with Crippen molar-refractivity contribution in [2.24, 2.45) is 85.8 Å². The molecule has 30 heteroatoms. The van der Waals surface area contributed by atoms with Crippen LogP contribution in [0.3, 0.4) is 0 Å². The first-order valence-electron chi connectivity index (χ1n) is 56.8. The van der Waals surface area contributed by atoms with Gasteiger partial charge in [0.2, 0.25) is 0 Å². The zero-order chi connectivity index (χ0) is 107. The summed E-state index contributed by atoms with van der Waals surface area (Å²) < 4.78 is 82.3. The lowest BCUT2D eigenvalue weighted by atomic mass is 9.45. The normalized spacial score (nSPS) is 36.0. The minimum atomic E-state index is -3.93. The van der Waals surface area contributed by atoms with Gasteiger partial charge in [-0.3, -0.25) is 18.9 Å². The Balaban J connectivity index is 0.000000141. The number of carbonyl (C=O) groups excluding carboxylic acids is 3. The monoisotopic (exact) mass is 2120 g/mol. The Bertz CT molecular complexity index is 6150. The van der Waals surface area contributed by atoms with Gasteiger partial charge in [-0.1, -0.05) is 177 Å². The molecule has 21 rings (SSSR count). The topological polar surface area (TPSA) is 356 Å². The summed E-state index contributed by atoms with van der Waals surface area (Å²) in [5.41, 5.74) is 7.63. The van der Waals surface area contributed by atoms with E-state index in [1.54, 1.807) is 12.1 Å². The minimum Gasteiger partial charge on any atom is -0.508 e. The Labute approximate surface area is 890 Å². The molecule has 0 spiro atoms. The number of aliphatic hydroxyl groups is 4. The third kappa shape index (κ3) is 18.9. The van der Waals surface area contributed by atoms with Crippen LogP contribution in [-0.4, -0.2) is 210 Å². The first-order valence-corrected chi connectivity index (χ1v) is 64.4. The van der Waals surface area contributed by atoms with E-state index in [2.05, 4.69) is 167 Å². The SMILES string of the molecule is C=CCCCCOc1cccc(-n2ncc3c2C=C2CC[C@@H]4[C@H]([C@@H](O)C[C@@]5(C)[C@H]4C[C@H]4OC(CCC)O[C@]45C(=O)CO[Si](C)(C)C(C)(C)C)[C@@]2(C)C3)c1.CCCC1O[C@@H]2C[C@H]3[C@@H]4CCC5=Cc6c(cnn6-c6cccc(O)c6)C[C@]5(C)[C@H]4[C@@H](O)C[C@]3(C)[C@]2(C(=O)CO[Si](C)(C)C(C)(C)C)O1.CCCC1O[C@@H]2C[C@H]3[C@@H]4CCC5=Cc6c(cnn6-c6cccc(OCCCCCCP(=O)(O)O)c6)C[C@]5(C)[C@H]4[C@@H](O)C[C@]3(C)[C@]2(C(=O)CO)O1. The first-order chi connectivity index (χ1) is 71.0. The Morgan fingerprint density at radius 1 is 0.493 bits per heavy atom. The summed E-state index contributed by atoms with van der Waals surface area (Å²) in [7, 11) is -8.30. The summed E-state index contributed by atoms with van der Waals surface area (Å²) in [6.07, 6.45) is 33.1. The number of ether oxygens (including phenoxy) is 8. The van der Waals surface area contributed by atoms with Crippen molar-refractivity contribution in [1.29, 1.82) is 0 Å². The van der Waals surface area contributed by atoms with E-state index in [0.29, 0.717) is 51.7 Å². The van der Waals surface area contributed by atoms with Crippen molar-refractivity contribution < 1.29 is 101 Å². The van der Waals surface area contributed by atoms with Gasteiger partial charge in [0.1, 0.15) is 23.9 Å². The lowest BCUT2D eigenvalue weighted by Gasteiger charge is -2.60. The van der Waals surface area contributed by atoms with Gasteiger partial charge in [0.15, 0.2) is 69.7 Å². The zero-order valence-electron chi connectivity index (χ0n) is 92.6. The van der Waals surface area contributed by atoms with E-state index in [1.165, 1.54) is 22.3 Å². The van der Waals surface area contributed by atoms with E-state index in [0.717, 1.165) is 198 Å². The third-order valence-electron chi connectivity index (χ3n) is 41.2. The van der Waals surface area contributed by atoms with Crippen LogP contribution in [0.2, 0.25) is 36.3 Å². The average molecular weight is 2120 g/mol. The number of aromatic nitrogens is 6. The predicted octanol–water partition coefficient (Wildman–Crippen LogP) is 22.0. The summed E-state index contributed by atoms with van der Waals surface area (Å²) in [4.78, 5) is 61.0. The molecule has 12 aliphatic carbocycles. The summed E-state index contributed by atoms with van der Waals surface area (Å²) in [6.45, 7) is 46.3. The number of phenols is 1. The fraction of sp³-hybridized carbons (Fsp3) is 0.683. The van der Waals surface area contributed by atoms with Gasteiger partial charge in [0.05, 0.1) is 116 Å². The van der Waals surface area contributed by atoms with Crippen LogP contribution in [-0.2, 0) is 75.5 Å². The second-order valence-electron chi connectivity index (χ2n) is 51.9. The average Bonchev–Trinajstić information content (AvgIpc) is 1.51. The Kier molecular flexibility index (Phi) is 30.8. The molecule has 7 N–H and O–H groups in total. The lowest BCUT2D eigenvalue weighted by molar-refractivity contribution is -0.202. The predicted molar refractivity (Wildman–Crippen MR) is 582 cm³/mol. The number of rotatable bonds is 33. The molecule has 0 radical (unpaired) electrons. The van der Waals surface area contributed by atoms with Gasteiger partial charge < -0.3 is 82.1 Å². The number of unbranched alkanes of at least 4 members (excludes halogenated alkanes) is 5. The summed E-state index contributed by atoms with van der Waals surface area (Å²) in [5.74, 6) is 2.81. The molecule has 12 fully saturated rings. The highest BCUT2D eigenvalue weighted by Crippen LogP contribution is 2.75. The number of hydrogen-bond acceptors (Lipinski definition) is 22. The molecule has 6 aromatic rings. The fourth-order valence-corrected chi connectivity index (χ4v) is 34.5. The van der Waals surface area contributed by atoms with Crippen molar-refractivity contribution in [3.05, 3.63) is 155 Å². The highest BCUT2D eigenvalue weighted by molar-refractivity contribution is 7.51. The number of phenolic OH excluding ortho intramolecular Hbond substituents is 1.